The highest BCUT2D eigenvalue weighted by molar-refractivity contribution is 5.00. The summed E-state index contributed by atoms with van der Waals surface area (Å²) in [5.41, 5.74) is 6.67. The second kappa shape index (κ2) is 2.21. The molecule has 1 aliphatic rings. The maximum absolute atomic E-state index is 5.59. The van der Waals surface area contributed by atoms with E-state index < -0.39 is 0 Å². The maximum Gasteiger partial charge on any atom is 0.00426 e. The monoisotopic (exact) mass is 111 g/mol. The summed E-state index contributed by atoms with van der Waals surface area (Å²) < 4.78 is 0. The standard InChI is InChI=1S/C7H13N/c1-6-3-2-4-7(8)5-6/h4,6H,2-3,5,8H2,1H3. The predicted octanol–water partition coefficient (Wildman–Crippen LogP) is 1.65. The van der Waals surface area contributed by atoms with Crippen LogP contribution in [0.3, 0.4) is 0 Å². The van der Waals surface area contributed by atoms with Crippen LogP contribution in [0.1, 0.15) is 26.2 Å². The Kier molecular flexibility index (Phi) is 1.56. The molecule has 8 heavy (non-hydrogen) atoms. The van der Waals surface area contributed by atoms with Crippen LogP contribution in [0.15, 0.2) is 11.8 Å². The Morgan fingerprint density at radius 1 is 1.75 bits per heavy atom. The molecular formula is C7H13N. The first kappa shape index (κ1) is 5.67. The summed E-state index contributed by atoms with van der Waals surface area (Å²) in [4.78, 5) is 0. The lowest BCUT2D eigenvalue weighted by Gasteiger charge is -2.14. The van der Waals surface area contributed by atoms with Crippen LogP contribution in [0.4, 0.5) is 0 Å². The van der Waals surface area contributed by atoms with E-state index in [1.807, 2.05) is 0 Å². The van der Waals surface area contributed by atoms with Crippen LogP contribution in [0.5, 0.6) is 0 Å². The minimum Gasteiger partial charge on any atom is -0.402 e. The number of hydrogen-bond acceptors (Lipinski definition) is 1. The first-order chi connectivity index (χ1) is 3.79. The van der Waals surface area contributed by atoms with Gasteiger partial charge in [0.05, 0.1) is 0 Å². The van der Waals surface area contributed by atoms with Crippen molar-refractivity contribution < 1.29 is 0 Å². The highest BCUT2D eigenvalue weighted by Crippen LogP contribution is 2.19. The Hall–Kier alpha value is -0.460. The van der Waals surface area contributed by atoms with Gasteiger partial charge in [-0.2, -0.15) is 0 Å². The van der Waals surface area contributed by atoms with Crippen molar-refractivity contribution in [1.29, 1.82) is 0 Å². The predicted molar refractivity (Wildman–Crippen MR) is 35.3 cm³/mol. The molecule has 1 nitrogen and oxygen atoms in total. The van der Waals surface area contributed by atoms with Gasteiger partial charge < -0.3 is 5.73 Å². The Labute approximate surface area is 50.6 Å². The van der Waals surface area contributed by atoms with Crippen LogP contribution in [0, 0.1) is 5.92 Å². The Balaban J connectivity index is 2.45. The molecule has 0 radical (unpaired) electrons. The van der Waals surface area contributed by atoms with E-state index in [9.17, 15) is 0 Å². The van der Waals surface area contributed by atoms with Gasteiger partial charge in [-0.25, -0.2) is 0 Å². The van der Waals surface area contributed by atoms with E-state index in [1.54, 1.807) is 0 Å². The smallest absolute Gasteiger partial charge is 0.00426 e. The summed E-state index contributed by atoms with van der Waals surface area (Å²) in [6, 6.07) is 0. The van der Waals surface area contributed by atoms with Gasteiger partial charge in [0, 0.05) is 5.70 Å². The Morgan fingerprint density at radius 3 is 2.88 bits per heavy atom. The van der Waals surface area contributed by atoms with Crippen molar-refractivity contribution in [3.8, 4) is 0 Å². The molecule has 1 heteroatoms. The van der Waals surface area contributed by atoms with Crippen molar-refractivity contribution in [2.24, 2.45) is 11.7 Å². The maximum atomic E-state index is 5.59. The fraction of sp³-hybridized carbons (Fsp3) is 0.714. The fourth-order valence-electron chi connectivity index (χ4n) is 1.14. The second-order valence-electron chi connectivity index (χ2n) is 2.67. The van der Waals surface area contributed by atoms with E-state index in [-0.39, 0.29) is 0 Å². The highest BCUT2D eigenvalue weighted by atomic mass is 14.6. The van der Waals surface area contributed by atoms with E-state index in [1.165, 1.54) is 12.8 Å². The molecule has 0 aromatic rings. The third kappa shape index (κ3) is 1.25. The fourth-order valence-corrected chi connectivity index (χ4v) is 1.14. The van der Waals surface area contributed by atoms with Crippen molar-refractivity contribution in [2.75, 3.05) is 0 Å². The molecule has 1 atom stereocenters. The third-order valence-electron chi connectivity index (χ3n) is 1.65. The van der Waals surface area contributed by atoms with Crippen LogP contribution < -0.4 is 5.73 Å². The van der Waals surface area contributed by atoms with Crippen molar-refractivity contribution in [1.82, 2.24) is 0 Å². The number of allylic oxidation sites excluding steroid dienone is 2. The van der Waals surface area contributed by atoms with Gasteiger partial charge in [0.1, 0.15) is 0 Å². The van der Waals surface area contributed by atoms with Crippen LogP contribution in [-0.4, -0.2) is 0 Å². The van der Waals surface area contributed by atoms with Gasteiger partial charge in [-0.15, -0.1) is 0 Å². The molecule has 46 valence electrons. The molecule has 0 aromatic heterocycles. The molecule has 0 saturated heterocycles. The zero-order valence-electron chi connectivity index (χ0n) is 5.35. The molecule has 0 aliphatic heterocycles. The molecule has 0 bridgehead atoms. The SMILES string of the molecule is CC1CCC=C(N)C1. The molecular weight excluding hydrogens is 98.1 g/mol. The molecule has 0 amide bonds. The summed E-state index contributed by atoms with van der Waals surface area (Å²) in [6.45, 7) is 2.25. The van der Waals surface area contributed by atoms with Gasteiger partial charge in [-0.3, -0.25) is 0 Å². The Morgan fingerprint density at radius 2 is 2.50 bits per heavy atom. The summed E-state index contributed by atoms with van der Waals surface area (Å²) in [5.74, 6) is 0.819. The zero-order chi connectivity index (χ0) is 5.98. The molecule has 1 rings (SSSR count). The third-order valence-corrected chi connectivity index (χ3v) is 1.65. The Bertz CT molecular complexity index is 105. The van der Waals surface area contributed by atoms with Crippen LogP contribution in [0.25, 0.3) is 0 Å². The van der Waals surface area contributed by atoms with Crippen molar-refractivity contribution in [3.05, 3.63) is 11.8 Å². The summed E-state index contributed by atoms with van der Waals surface area (Å²) >= 11 is 0. The van der Waals surface area contributed by atoms with Gasteiger partial charge in [-0.1, -0.05) is 13.0 Å². The van der Waals surface area contributed by atoms with Crippen molar-refractivity contribution in [3.63, 3.8) is 0 Å². The first-order valence-corrected chi connectivity index (χ1v) is 3.23. The normalized spacial score (nSPS) is 29.6. The minimum atomic E-state index is 0.819. The average Bonchev–Trinajstić information content (AvgIpc) is 1.64. The first-order valence-electron chi connectivity index (χ1n) is 3.23. The molecule has 0 heterocycles. The van der Waals surface area contributed by atoms with Crippen LogP contribution in [0.2, 0.25) is 0 Å². The quantitative estimate of drug-likeness (QED) is 0.505. The van der Waals surface area contributed by atoms with Gasteiger partial charge in [0.25, 0.3) is 0 Å². The lowest BCUT2D eigenvalue weighted by molar-refractivity contribution is 0.507. The largest absolute Gasteiger partial charge is 0.402 e. The lowest BCUT2D eigenvalue weighted by Crippen LogP contribution is -2.08. The van der Waals surface area contributed by atoms with Gasteiger partial charge in [-0.05, 0) is 25.2 Å². The van der Waals surface area contributed by atoms with Gasteiger partial charge in [0.2, 0.25) is 0 Å². The number of nitrogens with two attached hydrogens (primary N) is 1. The van der Waals surface area contributed by atoms with Crippen molar-refractivity contribution in [2.45, 2.75) is 26.2 Å². The lowest BCUT2D eigenvalue weighted by atomic mass is 9.94. The molecule has 2 N–H and O–H groups in total. The zero-order valence-corrected chi connectivity index (χ0v) is 5.35. The van der Waals surface area contributed by atoms with Crippen molar-refractivity contribution >= 4 is 0 Å². The average molecular weight is 111 g/mol. The van der Waals surface area contributed by atoms with E-state index >= 15 is 0 Å². The molecule has 0 fully saturated rings. The van der Waals surface area contributed by atoms with E-state index in [0.29, 0.717) is 0 Å². The summed E-state index contributed by atoms with van der Waals surface area (Å²) in [5, 5.41) is 0. The summed E-state index contributed by atoms with van der Waals surface area (Å²) in [7, 11) is 0. The van der Waals surface area contributed by atoms with Crippen LogP contribution in [-0.2, 0) is 0 Å². The van der Waals surface area contributed by atoms with Gasteiger partial charge >= 0.3 is 0 Å². The van der Waals surface area contributed by atoms with Crippen LogP contribution >= 0.6 is 0 Å². The molecule has 0 aromatic carbocycles. The molecule has 0 saturated carbocycles. The van der Waals surface area contributed by atoms with Gasteiger partial charge in [0.15, 0.2) is 0 Å². The van der Waals surface area contributed by atoms with E-state index in [0.717, 1.165) is 18.0 Å². The number of rotatable bonds is 0. The molecule has 1 aliphatic carbocycles. The van der Waals surface area contributed by atoms with E-state index in [2.05, 4.69) is 13.0 Å². The summed E-state index contributed by atoms with van der Waals surface area (Å²) in [6.07, 6.45) is 5.76. The van der Waals surface area contributed by atoms with E-state index in [4.69, 9.17) is 5.73 Å². The minimum absolute atomic E-state index is 0.819. The highest BCUT2D eigenvalue weighted by Gasteiger charge is 2.06. The molecule has 1 unspecified atom stereocenters. The second-order valence-corrected chi connectivity index (χ2v) is 2.67. The number of hydrogen-bond donors (Lipinski definition) is 1. The molecule has 0 spiro atoms. The topological polar surface area (TPSA) is 26.0 Å².